The minimum absolute atomic E-state index is 0.844. The van der Waals surface area contributed by atoms with Gasteiger partial charge in [-0.2, -0.15) is 0 Å². The highest BCUT2D eigenvalue weighted by Gasteiger charge is 2.28. The summed E-state index contributed by atoms with van der Waals surface area (Å²) in [5, 5.41) is 0. The zero-order valence-corrected chi connectivity index (χ0v) is 19.2. The molecule has 0 saturated heterocycles. The van der Waals surface area contributed by atoms with Gasteiger partial charge in [0, 0.05) is 25.5 Å². The lowest BCUT2D eigenvalue weighted by molar-refractivity contribution is 0.677. The van der Waals surface area contributed by atoms with E-state index < -0.39 is 0 Å². The molecule has 2 aliphatic heterocycles. The first-order valence-electron chi connectivity index (χ1n) is 11.9. The second-order valence-corrected chi connectivity index (χ2v) is 8.73. The van der Waals surface area contributed by atoms with Gasteiger partial charge in [-0.3, -0.25) is 0 Å². The first-order valence-corrected chi connectivity index (χ1v) is 11.9. The minimum Gasteiger partial charge on any atom is -0.352 e. The zero-order valence-electron chi connectivity index (χ0n) is 19.2. The van der Waals surface area contributed by atoms with Crippen LogP contribution in [0.25, 0.3) is 0 Å². The fraction of sp³-hybridized carbons (Fsp3) is 0.214. The number of anilines is 6. The number of para-hydroxylation sites is 4. The fourth-order valence-corrected chi connectivity index (χ4v) is 4.97. The maximum absolute atomic E-state index is 4.58. The Labute approximate surface area is 200 Å². The van der Waals surface area contributed by atoms with Gasteiger partial charge in [-0.15, -0.1) is 0 Å². The van der Waals surface area contributed by atoms with E-state index >= 15 is 0 Å². The Bertz CT molecular complexity index is 1150. The summed E-state index contributed by atoms with van der Waals surface area (Å²) in [6.45, 7) is 3.74. The van der Waals surface area contributed by atoms with Crippen LogP contribution in [-0.4, -0.2) is 36.4 Å². The maximum Gasteiger partial charge on any atom is 0.134 e. The van der Waals surface area contributed by atoms with Crippen molar-refractivity contribution < 1.29 is 0 Å². The highest BCUT2D eigenvalue weighted by Crippen LogP contribution is 2.41. The molecule has 0 aliphatic carbocycles. The number of benzene rings is 2. The lowest BCUT2D eigenvalue weighted by atomic mass is 10.2. The van der Waals surface area contributed by atoms with E-state index in [0.717, 1.165) is 50.9 Å². The van der Waals surface area contributed by atoms with Gasteiger partial charge in [0.15, 0.2) is 0 Å². The third-order valence-electron chi connectivity index (χ3n) is 6.61. The van der Waals surface area contributed by atoms with Crippen molar-refractivity contribution in [3.8, 4) is 0 Å². The van der Waals surface area contributed by atoms with Gasteiger partial charge in [0.1, 0.15) is 11.6 Å². The van der Waals surface area contributed by atoms with Gasteiger partial charge in [-0.25, -0.2) is 9.97 Å². The maximum atomic E-state index is 4.58. The normalized spacial score (nSPS) is 14.5. The van der Waals surface area contributed by atoms with Gasteiger partial charge >= 0.3 is 0 Å². The van der Waals surface area contributed by atoms with E-state index in [9.17, 15) is 0 Å². The third-order valence-corrected chi connectivity index (χ3v) is 6.61. The molecular weight excluding hydrogens is 420 g/mol. The first-order chi connectivity index (χ1) is 16.9. The van der Waals surface area contributed by atoms with Gasteiger partial charge in [0.2, 0.25) is 0 Å². The number of hydrogen-bond donors (Lipinski definition) is 0. The Balaban J connectivity index is 1.10. The Kier molecular flexibility index (Phi) is 5.47. The SMILES string of the molecule is c1ccc(N2CN(CCCCN3CN(c4ccccn4)c4ccccc43)c3ccccc32)nc1. The molecule has 0 bridgehead atoms. The standard InChI is InChI=1S/C28H28N6/c1-3-13-25-23(11-1)31(21-33(25)27-15-5-7-17-29-27)19-9-10-20-32-22-34(28-16-6-8-18-30-28)26-14-4-2-12-24(26)32/h1-8,11-18H,9-10,19-22H2. The summed E-state index contributed by atoms with van der Waals surface area (Å²) in [6, 6.07) is 29.5. The van der Waals surface area contributed by atoms with Crippen molar-refractivity contribution in [2.75, 3.05) is 46.0 Å². The summed E-state index contributed by atoms with van der Waals surface area (Å²) in [7, 11) is 0. The molecule has 4 heterocycles. The molecule has 2 aromatic heterocycles. The number of pyridine rings is 2. The zero-order chi connectivity index (χ0) is 22.7. The molecule has 2 aromatic carbocycles. The lowest BCUT2D eigenvalue weighted by Gasteiger charge is -2.23. The number of fused-ring (bicyclic) bond motifs is 2. The molecule has 170 valence electrons. The monoisotopic (exact) mass is 448 g/mol. The van der Waals surface area contributed by atoms with E-state index in [1.165, 1.54) is 22.7 Å². The van der Waals surface area contributed by atoms with Gasteiger partial charge in [-0.1, -0.05) is 36.4 Å². The summed E-state index contributed by atoms with van der Waals surface area (Å²) in [6.07, 6.45) is 5.99. The van der Waals surface area contributed by atoms with E-state index in [0.29, 0.717) is 0 Å². The van der Waals surface area contributed by atoms with Crippen LogP contribution in [0.1, 0.15) is 12.8 Å². The summed E-state index contributed by atoms with van der Waals surface area (Å²) in [5.41, 5.74) is 5.06. The molecule has 0 saturated carbocycles. The molecular formula is C28H28N6. The molecule has 6 rings (SSSR count). The fourth-order valence-electron chi connectivity index (χ4n) is 4.97. The van der Waals surface area contributed by atoms with Crippen molar-refractivity contribution in [2.24, 2.45) is 0 Å². The van der Waals surface area contributed by atoms with E-state index in [4.69, 9.17) is 0 Å². The van der Waals surface area contributed by atoms with Crippen LogP contribution in [0.15, 0.2) is 97.3 Å². The molecule has 2 aliphatic rings. The van der Waals surface area contributed by atoms with E-state index in [1.807, 2.05) is 24.5 Å². The molecule has 0 N–H and O–H groups in total. The average Bonchev–Trinajstić information content (AvgIpc) is 3.47. The van der Waals surface area contributed by atoms with Crippen molar-refractivity contribution in [3.05, 3.63) is 97.3 Å². The molecule has 0 radical (unpaired) electrons. The Morgan fingerprint density at radius 2 is 0.912 bits per heavy atom. The van der Waals surface area contributed by atoms with Crippen LogP contribution in [0.2, 0.25) is 0 Å². The van der Waals surface area contributed by atoms with Crippen molar-refractivity contribution >= 4 is 34.4 Å². The summed E-state index contributed by atoms with van der Waals surface area (Å²) < 4.78 is 0. The van der Waals surface area contributed by atoms with E-state index in [2.05, 4.69) is 102 Å². The largest absolute Gasteiger partial charge is 0.352 e. The molecule has 0 unspecified atom stereocenters. The highest BCUT2D eigenvalue weighted by molar-refractivity contribution is 5.82. The Morgan fingerprint density at radius 3 is 1.32 bits per heavy atom. The molecule has 0 amide bonds. The number of nitrogens with zero attached hydrogens (tertiary/aromatic N) is 6. The van der Waals surface area contributed by atoms with Gasteiger partial charge in [-0.05, 0) is 61.4 Å². The predicted molar refractivity (Wildman–Crippen MR) is 139 cm³/mol. The average molecular weight is 449 g/mol. The van der Waals surface area contributed by atoms with Gasteiger partial charge < -0.3 is 19.6 Å². The van der Waals surface area contributed by atoms with Crippen molar-refractivity contribution in [2.45, 2.75) is 12.8 Å². The van der Waals surface area contributed by atoms with Crippen LogP contribution >= 0.6 is 0 Å². The lowest BCUT2D eigenvalue weighted by Crippen LogP contribution is -2.31. The van der Waals surface area contributed by atoms with Crippen LogP contribution < -0.4 is 19.6 Å². The number of aromatic nitrogens is 2. The third kappa shape index (κ3) is 3.81. The molecule has 6 heteroatoms. The van der Waals surface area contributed by atoms with Gasteiger partial charge in [0.25, 0.3) is 0 Å². The highest BCUT2D eigenvalue weighted by atomic mass is 15.4. The Morgan fingerprint density at radius 1 is 0.500 bits per heavy atom. The first kappa shape index (κ1) is 20.5. The smallest absolute Gasteiger partial charge is 0.134 e. The second kappa shape index (κ2) is 9.06. The van der Waals surface area contributed by atoms with Crippen LogP contribution in [-0.2, 0) is 0 Å². The van der Waals surface area contributed by atoms with E-state index in [-0.39, 0.29) is 0 Å². The molecule has 0 atom stereocenters. The van der Waals surface area contributed by atoms with Crippen LogP contribution in [0.4, 0.5) is 34.4 Å². The second-order valence-electron chi connectivity index (χ2n) is 8.73. The molecule has 0 spiro atoms. The molecule has 6 nitrogen and oxygen atoms in total. The summed E-state index contributed by atoms with van der Waals surface area (Å²) >= 11 is 0. The quantitative estimate of drug-likeness (QED) is 0.333. The Hall–Kier alpha value is -4.06. The van der Waals surface area contributed by atoms with Crippen molar-refractivity contribution in [3.63, 3.8) is 0 Å². The van der Waals surface area contributed by atoms with Gasteiger partial charge in [0.05, 0.1) is 36.1 Å². The molecule has 34 heavy (non-hydrogen) atoms. The van der Waals surface area contributed by atoms with Crippen molar-refractivity contribution in [1.82, 2.24) is 9.97 Å². The van der Waals surface area contributed by atoms with Crippen LogP contribution in [0.5, 0.6) is 0 Å². The van der Waals surface area contributed by atoms with Crippen LogP contribution in [0, 0.1) is 0 Å². The number of unbranched alkanes of at least 4 members (excludes halogenated alkanes) is 1. The predicted octanol–water partition coefficient (Wildman–Crippen LogP) is 5.79. The minimum atomic E-state index is 0.844. The topological polar surface area (TPSA) is 38.7 Å². The number of hydrogen-bond acceptors (Lipinski definition) is 6. The number of rotatable bonds is 7. The molecule has 4 aromatic rings. The summed E-state index contributed by atoms with van der Waals surface area (Å²) in [5.74, 6) is 2.00. The van der Waals surface area contributed by atoms with Crippen LogP contribution in [0.3, 0.4) is 0 Å². The summed E-state index contributed by atoms with van der Waals surface area (Å²) in [4.78, 5) is 18.7. The van der Waals surface area contributed by atoms with E-state index in [1.54, 1.807) is 0 Å². The molecule has 0 fully saturated rings. The van der Waals surface area contributed by atoms with Crippen molar-refractivity contribution in [1.29, 1.82) is 0 Å².